The predicted octanol–water partition coefficient (Wildman–Crippen LogP) is 2.53. The van der Waals surface area contributed by atoms with Crippen molar-refractivity contribution in [3.63, 3.8) is 0 Å². The molecule has 23 heavy (non-hydrogen) atoms. The zero-order valence-electron chi connectivity index (χ0n) is 12.3. The molecule has 0 unspecified atom stereocenters. The number of nitrogens with zero attached hydrogens (tertiary/aromatic N) is 3. The number of thiazole rings is 1. The summed E-state index contributed by atoms with van der Waals surface area (Å²) in [5.74, 6) is -0.946. The van der Waals surface area contributed by atoms with Crippen LogP contribution in [0.4, 0.5) is 5.95 Å². The molecule has 118 valence electrons. The third-order valence-corrected chi connectivity index (χ3v) is 4.34. The van der Waals surface area contributed by atoms with Gasteiger partial charge in [0.05, 0.1) is 16.6 Å². The van der Waals surface area contributed by atoms with Gasteiger partial charge in [0.15, 0.2) is 5.01 Å². The van der Waals surface area contributed by atoms with Crippen LogP contribution in [0.3, 0.4) is 0 Å². The van der Waals surface area contributed by atoms with E-state index in [1.165, 1.54) is 17.5 Å². The van der Waals surface area contributed by atoms with Crippen molar-refractivity contribution in [2.75, 3.05) is 5.32 Å². The molecule has 0 bridgehead atoms. The van der Waals surface area contributed by atoms with E-state index in [-0.39, 0.29) is 18.9 Å². The number of fused-ring (bicyclic) bond motifs is 1. The van der Waals surface area contributed by atoms with Crippen molar-refractivity contribution in [2.24, 2.45) is 0 Å². The molecular formula is C15H14N4O3S. The zero-order chi connectivity index (χ0) is 16.4. The van der Waals surface area contributed by atoms with Crippen LogP contribution >= 0.6 is 11.3 Å². The molecule has 0 saturated carbocycles. The van der Waals surface area contributed by atoms with Crippen molar-refractivity contribution in [3.05, 3.63) is 41.2 Å². The monoisotopic (exact) mass is 330 g/mol. The van der Waals surface area contributed by atoms with Gasteiger partial charge in [-0.15, -0.1) is 11.3 Å². The molecule has 8 heteroatoms. The SMILES string of the molecule is Cc1cccc2sc(C(=O)Nc3nccn3CCC(=O)O)nc12. The van der Waals surface area contributed by atoms with Gasteiger partial charge in [-0.1, -0.05) is 12.1 Å². The number of carbonyl (C=O) groups excluding carboxylic acids is 1. The maximum absolute atomic E-state index is 12.4. The van der Waals surface area contributed by atoms with E-state index in [9.17, 15) is 9.59 Å². The molecule has 0 radical (unpaired) electrons. The minimum atomic E-state index is -0.905. The topological polar surface area (TPSA) is 97.1 Å². The van der Waals surface area contributed by atoms with Gasteiger partial charge >= 0.3 is 5.97 Å². The van der Waals surface area contributed by atoms with Gasteiger partial charge in [0.1, 0.15) is 0 Å². The van der Waals surface area contributed by atoms with Crippen LogP contribution in [0, 0.1) is 6.92 Å². The van der Waals surface area contributed by atoms with Crippen LogP contribution in [0.1, 0.15) is 21.8 Å². The van der Waals surface area contributed by atoms with Crippen molar-refractivity contribution in [1.29, 1.82) is 0 Å². The van der Waals surface area contributed by atoms with Crippen LogP contribution in [-0.2, 0) is 11.3 Å². The Kier molecular flexibility index (Phi) is 4.07. The molecule has 0 atom stereocenters. The van der Waals surface area contributed by atoms with E-state index in [2.05, 4.69) is 15.3 Å². The van der Waals surface area contributed by atoms with Gasteiger partial charge in [0, 0.05) is 18.9 Å². The first-order chi connectivity index (χ1) is 11.0. The van der Waals surface area contributed by atoms with E-state index in [0.717, 1.165) is 15.8 Å². The van der Waals surface area contributed by atoms with Crippen LogP contribution in [0.25, 0.3) is 10.2 Å². The molecular weight excluding hydrogens is 316 g/mol. The van der Waals surface area contributed by atoms with Gasteiger partial charge in [-0.3, -0.25) is 14.9 Å². The Balaban J connectivity index is 1.80. The number of para-hydroxylation sites is 1. The highest BCUT2D eigenvalue weighted by Gasteiger charge is 2.15. The van der Waals surface area contributed by atoms with E-state index in [1.54, 1.807) is 10.8 Å². The molecule has 2 heterocycles. The molecule has 1 aromatic carbocycles. The maximum Gasteiger partial charge on any atom is 0.305 e. The van der Waals surface area contributed by atoms with Gasteiger partial charge in [0.2, 0.25) is 5.95 Å². The van der Waals surface area contributed by atoms with E-state index >= 15 is 0 Å². The van der Waals surface area contributed by atoms with Gasteiger partial charge in [0.25, 0.3) is 5.91 Å². The Bertz CT molecular complexity index is 884. The number of carboxylic acid groups (broad SMARTS) is 1. The third-order valence-electron chi connectivity index (χ3n) is 3.32. The van der Waals surface area contributed by atoms with Crippen LogP contribution < -0.4 is 5.32 Å². The number of hydrogen-bond acceptors (Lipinski definition) is 5. The number of nitrogens with one attached hydrogen (secondary N) is 1. The van der Waals surface area contributed by atoms with Crippen molar-refractivity contribution in [1.82, 2.24) is 14.5 Å². The number of benzene rings is 1. The average molecular weight is 330 g/mol. The van der Waals surface area contributed by atoms with E-state index in [1.807, 2.05) is 25.1 Å². The minimum absolute atomic E-state index is 0.0421. The van der Waals surface area contributed by atoms with Crippen LogP contribution in [0.15, 0.2) is 30.6 Å². The summed E-state index contributed by atoms with van der Waals surface area (Å²) in [4.78, 5) is 31.4. The molecule has 3 rings (SSSR count). The van der Waals surface area contributed by atoms with Gasteiger partial charge < -0.3 is 9.67 Å². The quantitative estimate of drug-likeness (QED) is 0.749. The zero-order valence-corrected chi connectivity index (χ0v) is 13.1. The summed E-state index contributed by atoms with van der Waals surface area (Å²) < 4.78 is 2.54. The molecule has 0 fully saturated rings. The predicted molar refractivity (Wildman–Crippen MR) is 86.8 cm³/mol. The minimum Gasteiger partial charge on any atom is -0.481 e. The van der Waals surface area contributed by atoms with Crippen molar-refractivity contribution in [2.45, 2.75) is 19.9 Å². The van der Waals surface area contributed by atoms with Gasteiger partial charge in [-0.05, 0) is 18.6 Å². The maximum atomic E-state index is 12.4. The Hall–Kier alpha value is -2.74. The van der Waals surface area contributed by atoms with Crippen LogP contribution in [0.2, 0.25) is 0 Å². The summed E-state index contributed by atoms with van der Waals surface area (Å²) in [7, 11) is 0. The average Bonchev–Trinajstić information content (AvgIpc) is 3.12. The fourth-order valence-electron chi connectivity index (χ4n) is 2.17. The second-order valence-electron chi connectivity index (χ2n) is 4.98. The molecule has 3 aromatic rings. The number of amides is 1. The lowest BCUT2D eigenvalue weighted by Crippen LogP contribution is -2.16. The lowest BCUT2D eigenvalue weighted by atomic mass is 10.2. The van der Waals surface area contributed by atoms with Gasteiger partial charge in [-0.25, -0.2) is 9.97 Å². The first-order valence-corrected chi connectivity index (χ1v) is 7.76. The smallest absolute Gasteiger partial charge is 0.305 e. The Labute approximate surface area is 135 Å². The highest BCUT2D eigenvalue weighted by atomic mass is 32.1. The highest BCUT2D eigenvalue weighted by Crippen LogP contribution is 2.25. The lowest BCUT2D eigenvalue weighted by molar-refractivity contribution is -0.137. The van der Waals surface area contributed by atoms with Gasteiger partial charge in [-0.2, -0.15) is 0 Å². The first-order valence-electron chi connectivity index (χ1n) is 6.95. The summed E-state index contributed by atoms with van der Waals surface area (Å²) in [5, 5.41) is 11.8. The van der Waals surface area contributed by atoms with E-state index < -0.39 is 5.97 Å². The normalized spacial score (nSPS) is 10.8. The summed E-state index contributed by atoms with van der Waals surface area (Å²) in [6, 6.07) is 5.79. The largest absolute Gasteiger partial charge is 0.481 e. The summed E-state index contributed by atoms with van der Waals surface area (Å²) in [5.41, 5.74) is 1.83. The number of anilines is 1. The van der Waals surface area contributed by atoms with Crippen molar-refractivity contribution in [3.8, 4) is 0 Å². The number of hydrogen-bond donors (Lipinski definition) is 2. The van der Waals surface area contributed by atoms with E-state index in [4.69, 9.17) is 5.11 Å². The standard InChI is InChI=1S/C15H14N4O3S/c1-9-3-2-4-10-12(9)17-14(23-10)13(22)18-15-16-6-8-19(15)7-5-11(20)21/h2-4,6,8H,5,7H2,1H3,(H,20,21)(H,16,18,22). The molecule has 2 aromatic heterocycles. The number of carboxylic acids is 1. The Morgan fingerprint density at radius 3 is 2.96 bits per heavy atom. The number of carbonyl (C=O) groups is 2. The van der Waals surface area contributed by atoms with E-state index in [0.29, 0.717) is 11.0 Å². The van der Waals surface area contributed by atoms with Crippen LogP contribution in [0.5, 0.6) is 0 Å². The fraction of sp³-hybridized carbons (Fsp3) is 0.200. The molecule has 0 spiro atoms. The lowest BCUT2D eigenvalue weighted by Gasteiger charge is -2.06. The third kappa shape index (κ3) is 3.21. The number of aryl methyl sites for hydroxylation is 2. The molecule has 0 aliphatic heterocycles. The summed E-state index contributed by atoms with van der Waals surface area (Å²) >= 11 is 1.31. The van der Waals surface area contributed by atoms with Crippen LogP contribution in [-0.4, -0.2) is 31.5 Å². The second kappa shape index (κ2) is 6.17. The Morgan fingerprint density at radius 2 is 2.22 bits per heavy atom. The molecule has 2 N–H and O–H groups in total. The van der Waals surface area contributed by atoms with Crippen molar-refractivity contribution >= 4 is 39.4 Å². The summed E-state index contributed by atoms with van der Waals surface area (Å²) in [6.07, 6.45) is 3.10. The summed E-state index contributed by atoms with van der Waals surface area (Å²) in [6.45, 7) is 2.19. The molecule has 1 amide bonds. The number of aromatic nitrogens is 3. The molecule has 0 aliphatic rings. The van der Waals surface area contributed by atoms with Crippen molar-refractivity contribution < 1.29 is 14.7 Å². The molecule has 0 aliphatic carbocycles. The Morgan fingerprint density at radius 1 is 1.39 bits per heavy atom. The fourth-order valence-corrected chi connectivity index (χ4v) is 3.11. The number of rotatable bonds is 5. The second-order valence-corrected chi connectivity index (χ2v) is 6.01. The first kappa shape index (κ1) is 15.2. The molecule has 0 saturated heterocycles. The number of imidazole rings is 1. The number of aliphatic carboxylic acids is 1. The molecule has 7 nitrogen and oxygen atoms in total. The highest BCUT2D eigenvalue weighted by molar-refractivity contribution is 7.20.